The molecule has 204 valence electrons. The Hall–Kier alpha value is -4.31. The van der Waals surface area contributed by atoms with Gasteiger partial charge in [-0.2, -0.15) is 5.26 Å². The fourth-order valence-electron chi connectivity index (χ4n) is 4.31. The average molecular weight is 528 g/mol. The van der Waals surface area contributed by atoms with Gasteiger partial charge in [0.1, 0.15) is 12.6 Å². The molecule has 0 saturated carbocycles. The van der Waals surface area contributed by atoms with Crippen molar-refractivity contribution < 1.29 is 19.4 Å². The second-order valence-corrected chi connectivity index (χ2v) is 9.64. The number of phenolic OH excluding ortho intramolecular Hbond substituents is 1. The topological polar surface area (TPSA) is 103 Å². The lowest BCUT2D eigenvalue weighted by atomic mass is 9.96. The van der Waals surface area contributed by atoms with Crippen LogP contribution in [0.3, 0.4) is 0 Å². The molecule has 3 aromatic rings. The summed E-state index contributed by atoms with van der Waals surface area (Å²) in [5, 5.41) is 23.0. The van der Waals surface area contributed by atoms with E-state index >= 15 is 0 Å². The van der Waals surface area contributed by atoms with E-state index in [4.69, 9.17) is 4.74 Å². The van der Waals surface area contributed by atoms with Crippen molar-refractivity contribution >= 4 is 11.8 Å². The third kappa shape index (κ3) is 8.08. The van der Waals surface area contributed by atoms with Gasteiger partial charge in [-0.05, 0) is 54.2 Å². The normalized spacial score (nSPS) is 12.2. The third-order valence-electron chi connectivity index (χ3n) is 6.80. The number of benzene rings is 3. The average Bonchev–Trinajstić information content (AvgIpc) is 2.97. The highest BCUT2D eigenvalue weighted by atomic mass is 16.5. The molecular weight excluding hydrogens is 490 g/mol. The summed E-state index contributed by atoms with van der Waals surface area (Å²) < 4.78 is 5.85. The van der Waals surface area contributed by atoms with Crippen molar-refractivity contribution in [2.24, 2.45) is 5.92 Å². The molecule has 2 atom stereocenters. The van der Waals surface area contributed by atoms with Crippen LogP contribution in [0.5, 0.6) is 11.5 Å². The van der Waals surface area contributed by atoms with Gasteiger partial charge in [-0.15, -0.1) is 0 Å². The summed E-state index contributed by atoms with van der Waals surface area (Å²) in [7, 11) is 0. The van der Waals surface area contributed by atoms with E-state index in [9.17, 15) is 20.0 Å². The lowest BCUT2D eigenvalue weighted by Gasteiger charge is -2.31. The van der Waals surface area contributed by atoms with Crippen LogP contribution in [-0.4, -0.2) is 41.0 Å². The van der Waals surface area contributed by atoms with Gasteiger partial charge < -0.3 is 20.1 Å². The Morgan fingerprint density at radius 1 is 1.03 bits per heavy atom. The van der Waals surface area contributed by atoms with Gasteiger partial charge in [-0.1, -0.05) is 75.7 Å². The van der Waals surface area contributed by atoms with Crippen LogP contribution in [0.2, 0.25) is 0 Å². The molecule has 0 heterocycles. The number of nitriles is 1. The van der Waals surface area contributed by atoms with Crippen molar-refractivity contribution in [2.45, 2.75) is 52.7 Å². The molecule has 7 heteroatoms. The highest BCUT2D eigenvalue weighted by Gasteiger charge is 2.30. The number of nitrogens with zero attached hydrogens (tertiary/aromatic N) is 2. The van der Waals surface area contributed by atoms with Gasteiger partial charge in [0.05, 0.1) is 11.6 Å². The van der Waals surface area contributed by atoms with E-state index < -0.39 is 6.04 Å². The highest BCUT2D eigenvalue weighted by Crippen LogP contribution is 2.31. The van der Waals surface area contributed by atoms with Gasteiger partial charge in [-0.3, -0.25) is 9.59 Å². The van der Waals surface area contributed by atoms with Crippen LogP contribution in [0, 0.1) is 17.2 Å². The molecule has 0 spiro atoms. The van der Waals surface area contributed by atoms with E-state index in [1.54, 1.807) is 29.2 Å². The number of amides is 2. The minimum atomic E-state index is -0.714. The molecule has 2 amide bonds. The van der Waals surface area contributed by atoms with Crippen LogP contribution in [0.25, 0.3) is 0 Å². The van der Waals surface area contributed by atoms with Gasteiger partial charge in [0.2, 0.25) is 5.91 Å². The minimum absolute atomic E-state index is 0.0708. The lowest BCUT2D eigenvalue weighted by molar-refractivity contribution is -0.134. The molecule has 0 aliphatic rings. The van der Waals surface area contributed by atoms with Crippen LogP contribution in [0.15, 0.2) is 72.8 Å². The molecule has 0 aromatic heterocycles. The number of hydrogen-bond acceptors (Lipinski definition) is 5. The molecule has 0 aliphatic carbocycles. The summed E-state index contributed by atoms with van der Waals surface area (Å²) in [5.74, 6) is -0.173. The number of aromatic hydroxyl groups is 1. The first-order valence-corrected chi connectivity index (χ1v) is 13.4. The molecule has 0 fully saturated rings. The van der Waals surface area contributed by atoms with E-state index in [1.807, 2.05) is 69.3 Å². The summed E-state index contributed by atoms with van der Waals surface area (Å²) in [6.07, 6.45) is 1.89. The summed E-state index contributed by atoms with van der Waals surface area (Å²) in [6, 6.07) is 22.9. The van der Waals surface area contributed by atoms with E-state index in [0.29, 0.717) is 55.0 Å². The van der Waals surface area contributed by atoms with Crippen LogP contribution < -0.4 is 10.1 Å². The predicted octanol–water partition coefficient (Wildman–Crippen LogP) is 5.47. The monoisotopic (exact) mass is 527 g/mol. The summed E-state index contributed by atoms with van der Waals surface area (Å²) >= 11 is 0. The fourth-order valence-corrected chi connectivity index (χ4v) is 4.31. The van der Waals surface area contributed by atoms with Crippen molar-refractivity contribution in [1.82, 2.24) is 10.2 Å². The summed E-state index contributed by atoms with van der Waals surface area (Å²) in [5.41, 5.74) is 2.41. The molecule has 0 saturated heterocycles. The maximum absolute atomic E-state index is 13.7. The molecule has 1 unspecified atom stereocenters. The Morgan fingerprint density at radius 2 is 1.77 bits per heavy atom. The van der Waals surface area contributed by atoms with Gasteiger partial charge >= 0.3 is 0 Å². The SMILES string of the molecule is CCCN(CCc1cccc(OCc2ccccc2)c1O)C(=O)[C@@H](NC(=O)c1cccc(C#N)c1)C(C)CC. The number of nitrogens with one attached hydrogen (secondary N) is 1. The first-order chi connectivity index (χ1) is 18.9. The van der Waals surface area contributed by atoms with Crippen LogP contribution in [0.1, 0.15) is 60.7 Å². The molecule has 3 rings (SSSR count). The molecular formula is C32H37N3O4. The van der Waals surface area contributed by atoms with Crippen LogP contribution in [-0.2, 0) is 17.8 Å². The maximum atomic E-state index is 13.7. The Morgan fingerprint density at radius 3 is 2.46 bits per heavy atom. The van der Waals surface area contributed by atoms with Gasteiger partial charge in [0.15, 0.2) is 11.5 Å². The highest BCUT2D eigenvalue weighted by molar-refractivity contribution is 5.97. The number of carbonyl (C=O) groups excluding carboxylic acids is 2. The quantitative estimate of drug-likeness (QED) is 0.307. The molecule has 0 radical (unpaired) electrons. The van der Waals surface area contributed by atoms with Gasteiger partial charge in [0.25, 0.3) is 5.91 Å². The summed E-state index contributed by atoms with van der Waals surface area (Å²) in [6.45, 7) is 7.17. The zero-order valence-electron chi connectivity index (χ0n) is 22.9. The first-order valence-electron chi connectivity index (χ1n) is 13.4. The standard InChI is InChI=1S/C32H37N3O4/c1-4-18-35(19-17-26-14-10-16-28(30(26)36)39-22-24-11-7-6-8-12-24)32(38)29(23(3)5-2)34-31(37)27-15-9-13-25(20-27)21-33/h6-16,20,23,29,36H,4-5,17-19,22H2,1-3H3,(H,34,37)/t23?,29-/m0/s1. The van der Waals surface area contributed by atoms with Crippen molar-refractivity contribution in [3.8, 4) is 17.6 Å². The zero-order valence-corrected chi connectivity index (χ0v) is 22.9. The Balaban J connectivity index is 1.72. The van der Waals surface area contributed by atoms with Crippen molar-refractivity contribution in [3.05, 3.63) is 95.1 Å². The second kappa shape index (κ2) is 14.6. The minimum Gasteiger partial charge on any atom is -0.504 e. The lowest BCUT2D eigenvalue weighted by Crippen LogP contribution is -2.52. The molecule has 0 aliphatic heterocycles. The largest absolute Gasteiger partial charge is 0.504 e. The molecule has 39 heavy (non-hydrogen) atoms. The fraction of sp³-hybridized carbons (Fsp3) is 0.344. The third-order valence-corrected chi connectivity index (χ3v) is 6.80. The number of phenols is 1. The van der Waals surface area contributed by atoms with Crippen LogP contribution in [0.4, 0.5) is 0 Å². The van der Waals surface area contributed by atoms with E-state index in [2.05, 4.69) is 5.32 Å². The number of rotatable bonds is 13. The van der Waals surface area contributed by atoms with Crippen molar-refractivity contribution in [3.63, 3.8) is 0 Å². The Bertz CT molecular complexity index is 1290. The molecule has 2 N–H and O–H groups in total. The Kier molecular flexibility index (Phi) is 10.9. The maximum Gasteiger partial charge on any atom is 0.251 e. The summed E-state index contributed by atoms with van der Waals surface area (Å²) in [4.78, 5) is 28.5. The zero-order chi connectivity index (χ0) is 28.2. The van der Waals surface area contributed by atoms with Crippen molar-refractivity contribution in [2.75, 3.05) is 13.1 Å². The van der Waals surface area contributed by atoms with Gasteiger partial charge in [0, 0.05) is 18.7 Å². The van der Waals surface area contributed by atoms with E-state index in [-0.39, 0.29) is 23.5 Å². The van der Waals surface area contributed by atoms with Crippen LogP contribution >= 0.6 is 0 Å². The smallest absolute Gasteiger partial charge is 0.251 e. The number of carbonyl (C=O) groups is 2. The predicted molar refractivity (Wildman–Crippen MR) is 151 cm³/mol. The molecule has 0 bridgehead atoms. The van der Waals surface area contributed by atoms with Crippen molar-refractivity contribution in [1.29, 1.82) is 5.26 Å². The second-order valence-electron chi connectivity index (χ2n) is 9.64. The van der Waals surface area contributed by atoms with Gasteiger partial charge in [-0.25, -0.2) is 0 Å². The first kappa shape index (κ1) is 29.2. The Labute approximate surface area is 231 Å². The number of hydrogen-bond donors (Lipinski definition) is 2. The number of para-hydroxylation sites is 1. The number of ether oxygens (including phenoxy) is 1. The molecule has 7 nitrogen and oxygen atoms in total. The van der Waals surface area contributed by atoms with E-state index in [0.717, 1.165) is 12.0 Å². The molecule has 3 aromatic carbocycles. The van der Waals surface area contributed by atoms with E-state index in [1.165, 1.54) is 6.07 Å².